The number of benzene rings is 3. The van der Waals surface area contributed by atoms with Gasteiger partial charge in [0.2, 0.25) is 0 Å². The number of thiazole rings is 1. The summed E-state index contributed by atoms with van der Waals surface area (Å²) in [5.41, 5.74) is 5.70. The van der Waals surface area contributed by atoms with E-state index in [0.717, 1.165) is 27.6 Å². The van der Waals surface area contributed by atoms with Crippen LogP contribution in [-0.4, -0.2) is 12.1 Å². The molecule has 3 aromatic carbocycles. The van der Waals surface area contributed by atoms with E-state index in [-0.39, 0.29) is 17.0 Å². The smallest absolute Gasteiger partial charge is 0.124 e. The lowest BCUT2D eigenvalue weighted by atomic mass is 10.0. The van der Waals surface area contributed by atoms with E-state index >= 15 is 0 Å². The Balaban J connectivity index is 0.00000196. The minimum absolute atomic E-state index is 0. The second-order valence-electron chi connectivity index (χ2n) is 5.71. The third-order valence-corrected chi connectivity index (χ3v) is 5.02. The highest BCUT2D eigenvalue weighted by Gasteiger charge is 2.07. The normalized spacial score (nSPS) is 10.2. The zero-order chi connectivity index (χ0) is 17.1. The standard InChI is InChI=1S/C22H17NOS.BrH/c1-24-20-13-11-19(12-14-20)22-23-21(15-25-22)18-9-7-17(8-10-18)16-5-3-2-4-6-16;/h2-15H,1H3;1H. The molecule has 4 aromatic rings. The second-order valence-corrected chi connectivity index (χ2v) is 6.57. The fraction of sp³-hybridized carbons (Fsp3) is 0.0455. The fourth-order valence-corrected chi connectivity index (χ4v) is 3.57. The first-order valence-corrected chi connectivity index (χ1v) is 8.97. The molecule has 0 saturated heterocycles. The van der Waals surface area contributed by atoms with Crippen LogP contribution in [0.25, 0.3) is 33.0 Å². The Labute approximate surface area is 167 Å². The van der Waals surface area contributed by atoms with Gasteiger partial charge in [0, 0.05) is 16.5 Å². The Morgan fingerprint density at radius 2 is 1.27 bits per heavy atom. The van der Waals surface area contributed by atoms with Gasteiger partial charge in [0.15, 0.2) is 0 Å². The minimum atomic E-state index is 0. The van der Waals surface area contributed by atoms with Gasteiger partial charge in [-0.3, -0.25) is 0 Å². The Morgan fingerprint density at radius 3 is 1.92 bits per heavy atom. The molecule has 0 aliphatic heterocycles. The molecule has 0 atom stereocenters. The minimum Gasteiger partial charge on any atom is -0.497 e. The summed E-state index contributed by atoms with van der Waals surface area (Å²) >= 11 is 1.66. The van der Waals surface area contributed by atoms with E-state index in [0.29, 0.717) is 0 Å². The Hall–Kier alpha value is -2.43. The first-order valence-electron chi connectivity index (χ1n) is 8.09. The molecule has 26 heavy (non-hydrogen) atoms. The summed E-state index contributed by atoms with van der Waals surface area (Å²) in [6, 6.07) is 27.0. The van der Waals surface area contributed by atoms with E-state index in [1.807, 2.05) is 30.3 Å². The highest BCUT2D eigenvalue weighted by Crippen LogP contribution is 2.31. The Kier molecular flexibility index (Phi) is 5.86. The number of rotatable bonds is 4. The van der Waals surface area contributed by atoms with Crippen LogP contribution < -0.4 is 4.74 Å². The Bertz CT molecular complexity index is 963. The van der Waals surface area contributed by atoms with Gasteiger partial charge in [0.25, 0.3) is 0 Å². The first kappa shape index (κ1) is 18.4. The molecule has 1 aromatic heterocycles. The van der Waals surface area contributed by atoms with Gasteiger partial charge in [-0.05, 0) is 35.4 Å². The van der Waals surface area contributed by atoms with Gasteiger partial charge in [-0.2, -0.15) is 0 Å². The van der Waals surface area contributed by atoms with Gasteiger partial charge < -0.3 is 4.74 Å². The van der Waals surface area contributed by atoms with Crippen LogP contribution in [0.3, 0.4) is 0 Å². The van der Waals surface area contributed by atoms with Crippen molar-refractivity contribution in [3.05, 3.63) is 84.2 Å². The molecule has 0 aliphatic carbocycles. The maximum absolute atomic E-state index is 5.21. The lowest BCUT2D eigenvalue weighted by Crippen LogP contribution is -1.83. The van der Waals surface area contributed by atoms with Crippen molar-refractivity contribution in [3.63, 3.8) is 0 Å². The largest absolute Gasteiger partial charge is 0.497 e. The van der Waals surface area contributed by atoms with Crippen LogP contribution in [0.1, 0.15) is 0 Å². The van der Waals surface area contributed by atoms with Crippen LogP contribution in [0.4, 0.5) is 0 Å². The monoisotopic (exact) mass is 423 g/mol. The topological polar surface area (TPSA) is 22.1 Å². The third-order valence-electron chi connectivity index (χ3n) is 4.13. The molecule has 0 N–H and O–H groups in total. The molecule has 0 spiro atoms. The molecule has 0 radical (unpaired) electrons. The summed E-state index contributed by atoms with van der Waals surface area (Å²) in [7, 11) is 1.68. The molecule has 0 bridgehead atoms. The molecule has 1 heterocycles. The maximum Gasteiger partial charge on any atom is 0.124 e. The van der Waals surface area contributed by atoms with Gasteiger partial charge in [0.05, 0.1) is 12.8 Å². The molecular formula is C22H18BrNOS. The van der Waals surface area contributed by atoms with E-state index in [1.165, 1.54) is 11.1 Å². The zero-order valence-corrected chi connectivity index (χ0v) is 16.8. The summed E-state index contributed by atoms with van der Waals surface area (Å²) in [5, 5.41) is 3.13. The van der Waals surface area contributed by atoms with Crippen molar-refractivity contribution < 1.29 is 4.74 Å². The van der Waals surface area contributed by atoms with Gasteiger partial charge in [-0.1, -0.05) is 54.6 Å². The number of ether oxygens (including phenoxy) is 1. The predicted octanol–water partition coefficient (Wildman–Crippen LogP) is 6.73. The molecule has 0 saturated carbocycles. The lowest BCUT2D eigenvalue weighted by Gasteiger charge is -2.03. The van der Waals surface area contributed by atoms with Crippen molar-refractivity contribution >= 4 is 28.3 Å². The van der Waals surface area contributed by atoms with Crippen molar-refractivity contribution in [3.8, 4) is 38.7 Å². The summed E-state index contributed by atoms with van der Waals surface area (Å²) in [6.45, 7) is 0. The SMILES string of the molecule is Br.COc1ccc(-c2nc(-c3ccc(-c4ccccc4)cc3)cs2)cc1. The van der Waals surface area contributed by atoms with Crippen LogP contribution in [0, 0.1) is 0 Å². The maximum atomic E-state index is 5.21. The number of hydrogen-bond donors (Lipinski definition) is 0. The van der Waals surface area contributed by atoms with Crippen molar-refractivity contribution in [2.75, 3.05) is 7.11 Å². The number of nitrogens with zero attached hydrogens (tertiary/aromatic N) is 1. The highest BCUT2D eigenvalue weighted by atomic mass is 79.9. The molecule has 0 unspecified atom stereocenters. The molecule has 4 rings (SSSR count). The highest BCUT2D eigenvalue weighted by molar-refractivity contribution is 8.93. The average Bonchev–Trinajstić information content (AvgIpc) is 3.19. The van der Waals surface area contributed by atoms with Crippen LogP contribution in [0.5, 0.6) is 5.75 Å². The summed E-state index contributed by atoms with van der Waals surface area (Å²) in [4.78, 5) is 4.79. The van der Waals surface area contributed by atoms with Crippen molar-refractivity contribution in [1.82, 2.24) is 4.98 Å². The quantitative estimate of drug-likeness (QED) is 0.362. The second kappa shape index (κ2) is 8.30. The van der Waals surface area contributed by atoms with E-state index < -0.39 is 0 Å². The molecule has 0 aliphatic rings. The van der Waals surface area contributed by atoms with E-state index in [9.17, 15) is 0 Å². The van der Waals surface area contributed by atoms with Crippen LogP contribution in [0.15, 0.2) is 84.2 Å². The van der Waals surface area contributed by atoms with Gasteiger partial charge in [-0.15, -0.1) is 28.3 Å². The zero-order valence-electron chi connectivity index (χ0n) is 14.3. The van der Waals surface area contributed by atoms with Crippen LogP contribution in [0.2, 0.25) is 0 Å². The molecule has 0 fully saturated rings. The van der Waals surface area contributed by atoms with Crippen molar-refractivity contribution in [2.24, 2.45) is 0 Å². The molecule has 0 amide bonds. The van der Waals surface area contributed by atoms with E-state index in [1.54, 1.807) is 18.4 Å². The number of methoxy groups -OCH3 is 1. The van der Waals surface area contributed by atoms with Gasteiger partial charge in [0.1, 0.15) is 10.8 Å². The fourth-order valence-electron chi connectivity index (χ4n) is 2.74. The lowest BCUT2D eigenvalue weighted by molar-refractivity contribution is 0.415. The number of hydrogen-bond acceptors (Lipinski definition) is 3. The summed E-state index contributed by atoms with van der Waals surface area (Å²) in [5.74, 6) is 0.858. The number of aromatic nitrogens is 1. The number of halogens is 1. The van der Waals surface area contributed by atoms with Crippen LogP contribution in [-0.2, 0) is 0 Å². The third kappa shape index (κ3) is 3.87. The van der Waals surface area contributed by atoms with E-state index in [4.69, 9.17) is 9.72 Å². The molecular weight excluding hydrogens is 406 g/mol. The average molecular weight is 424 g/mol. The molecule has 130 valence electrons. The van der Waals surface area contributed by atoms with E-state index in [2.05, 4.69) is 53.9 Å². The summed E-state index contributed by atoms with van der Waals surface area (Å²) in [6.07, 6.45) is 0. The van der Waals surface area contributed by atoms with Gasteiger partial charge >= 0.3 is 0 Å². The Morgan fingerprint density at radius 1 is 0.692 bits per heavy atom. The summed E-state index contributed by atoms with van der Waals surface area (Å²) < 4.78 is 5.21. The van der Waals surface area contributed by atoms with Gasteiger partial charge in [-0.25, -0.2) is 4.98 Å². The van der Waals surface area contributed by atoms with Crippen molar-refractivity contribution in [1.29, 1.82) is 0 Å². The molecule has 2 nitrogen and oxygen atoms in total. The molecule has 4 heteroatoms. The van der Waals surface area contributed by atoms with Crippen LogP contribution >= 0.6 is 28.3 Å². The first-order chi connectivity index (χ1) is 12.3. The van der Waals surface area contributed by atoms with Crippen molar-refractivity contribution in [2.45, 2.75) is 0 Å². The predicted molar refractivity (Wildman–Crippen MR) is 115 cm³/mol.